The number of Topliss-reactive ketones (excluding diaryl/α,β-unsaturated/α-hetero) is 1. The van der Waals surface area contributed by atoms with E-state index in [0.29, 0.717) is 12.8 Å². The van der Waals surface area contributed by atoms with Crippen LogP contribution in [0.2, 0.25) is 0 Å². The van der Waals surface area contributed by atoms with Crippen molar-refractivity contribution < 1.29 is 14.7 Å². The molecule has 0 radical (unpaired) electrons. The summed E-state index contributed by atoms with van der Waals surface area (Å²) in [4.78, 5) is 22.2. The van der Waals surface area contributed by atoms with Gasteiger partial charge in [0.15, 0.2) is 0 Å². The lowest BCUT2D eigenvalue weighted by Crippen LogP contribution is -2.23. The number of allylic oxidation sites excluding steroid dienone is 2. The SMILES string of the molecule is C/C=C\C[C@@H]1CC(=O)C[C@@H]1C(C)C(=O)O. The number of carboxylic acids is 1. The van der Waals surface area contributed by atoms with E-state index < -0.39 is 11.9 Å². The topological polar surface area (TPSA) is 54.4 Å². The van der Waals surface area contributed by atoms with E-state index in [4.69, 9.17) is 5.11 Å². The molecular formula is C12H18O3. The van der Waals surface area contributed by atoms with Crippen LogP contribution in [0.3, 0.4) is 0 Å². The summed E-state index contributed by atoms with van der Waals surface area (Å²) < 4.78 is 0. The summed E-state index contributed by atoms with van der Waals surface area (Å²) in [5.41, 5.74) is 0. The summed E-state index contributed by atoms with van der Waals surface area (Å²) in [6.07, 6.45) is 5.78. The highest BCUT2D eigenvalue weighted by Gasteiger charge is 2.38. The average molecular weight is 210 g/mol. The van der Waals surface area contributed by atoms with Gasteiger partial charge in [-0.2, -0.15) is 0 Å². The maximum atomic E-state index is 11.3. The Hall–Kier alpha value is -1.12. The Morgan fingerprint density at radius 2 is 2.27 bits per heavy atom. The Morgan fingerprint density at radius 3 is 2.80 bits per heavy atom. The summed E-state index contributed by atoms with van der Waals surface area (Å²) in [6.45, 7) is 3.64. The highest BCUT2D eigenvalue weighted by Crippen LogP contribution is 2.37. The van der Waals surface area contributed by atoms with Crippen molar-refractivity contribution >= 4 is 11.8 Å². The van der Waals surface area contributed by atoms with E-state index in [1.165, 1.54) is 0 Å². The number of hydrogen-bond acceptors (Lipinski definition) is 2. The van der Waals surface area contributed by atoms with Gasteiger partial charge in [0.1, 0.15) is 5.78 Å². The van der Waals surface area contributed by atoms with E-state index in [1.807, 2.05) is 19.1 Å². The second-order valence-corrected chi connectivity index (χ2v) is 4.30. The van der Waals surface area contributed by atoms with Gasteiger partial charge in [0.05, 0.1) is 5.92 Å². The molecule has 0 amide bonds. The second-order valence-electron chi connectivity index (χ2n) is 4.30. The van der Waals surface area contributed by atoms with Gasteiger partial charge < -0.3 is 5.11 Å². The number of carboxylic acid groups (broad SMARTS) is 1. The van der Waals surface area contributed by atoms with Crippen molar-refractivity contribution in [1.29, 1.82) is 0 Å². The Morgan fingerprint density at radius 1 is 1.60 bits per heavy atom. The van der Waals surface area contributed by atoms with E-state index in [0.717, 1.165) is 6.42 Å². The molecule has 1 saturated carbocycles. The molecule has 0 bridgehead atoms. The van der Waals surface area contributed by atoms with Gasteiger partial charge in [-0.25, -0.2) is 0 Å². The lowest BCUT2D eigenvalue weighted by Gasteiger charge is -2.20. The van der Waals surface area contributed by atoms with Crippen LogP contribution in [0.5, 0.6) is 0 Å². The zero-order valence-corrected chi connectivity index (χ0v) is 9.27. The zero-order valence-electron chi connectivity index (χ0n) is 9.27. The fourth-order valence-corrected chi connectivity index (χ4v) is 2.29. The predicted octanol–water partition coefficient (Wildman–Crippen LogP) is 2.27. The smallest absolute Gasteiger partial charge is 0.306 e. The summed E-state index contributed by atoms with van der Waals surface area (Å²) in [6, 6.07) is 0. The molecule has 1 rings (SSSR count). The minimum Gasteiger partial charge on any atom is -0.481 e. The summed E-state index contributed by atoms with van der Waals surface area (Å²) >= 11 is 0. The first-order valence-corrected chi connectivity index (χ1v) is 5.42. The lowest BCUT2D eigenvalue weighted by molar-refractivity contribution is -0.143. The van der Waals surface area contributed by atoms with Crippen LogP contribution in [0.15, 0.2) is 12.2 Å². The second kappa shape index (κ2) is 5.10. The van der Waals surface area contributed by atoms with Crippen LogP contribution in [-0.2, 0) is 9.59 Å². The molecule has 3 nitrogen and oxygen atoms in total. The molecule has 1 N–H and O–H groups in total. The molecule has 0 aromatic rings. The minimum atomic E-state index is -0.792. The van der Waals surface area contributed by atoms with Gasteiger partial charge in [0.2, 0.25) is 0 Å². The molecule has 1 aliphatic carbocycles. The number of carbonyl (C=O) groups is 2. The van der Waals surface area contributed by atoms with Gasteiger partial charge in [-0.1, -0.05) is 19.1 Å². The van der Waals surface area contributed by atoms with Gasteiger partial charge in [-0.05, 0) is 25.2 Å². The van der Waals surface area contributed by atoms with Crippen molar-refractivity contribution in [1.82, 2.24) is 0 Å². The first-order chi connectivity index (χ1) is 7.06. The lowest BCUT2D eigenvalue weighted by atomic mass is 9.83. The van der Waals surface area contributed by atoms with Gasteiger partial charge in [-0.3, -0.25) is 9.59 Å². The molecule has 3 heteroatoms. The van der Waals surface area contributed by atoms with Gasteiger partial charge >= 0.3 is 5.97 Å². The monoisotopic (exact) mass is 210 g/mol. The summed E-state index contributed by atoms with van der Waals surface area (Å²) in [5.74, 6) is -0.750. The quantitative estimate of drug-likeness (QED) is 0.724. The largest absolute Gasteiger partial charge is 0.481 e. The summed E-state index contributed by atoms with van der Waals surface area (Å²) in [7, 11) is 0. The van der Waals surface area contributed by atoms with Crippen LogP contribution in [0.1, 0.15) is 33.1 Å². The third-order valence-electron chi connectivity index (χ3n) is 3.27. The first kappa shape index (κ1) is 12.0. The fraction of sp³-hybridized carbons (Fsp3) is 0.667. The molecule has 1 unspecified atom stereocenters. The van der Waals surface area contributed by atoms with Crippen molar-refractivity contribution in [3.05, 3.63) is 12.2 Å². The van der Waals surface area contributed by atoms with Gasteiger partial charge in [0, 0.05) is 12.8 Å². The van der Waals surface area contributed by atoms with Crippen LogP contribution in [0.25, 0.3) is 0 Å². The predicted molar refractivity (Wildman–Crippen MR) is 57.5 cm³/mol. The van der Waals surface area contributed by atoms with Crippen LogP contribution < -0.4 is 0 Å². The maximum absolute atomic E-state index is 11.3. The number of rotatable bonds is 4. The van der Waals surface area contributed by atoms with E-state index in [-0.39, 0.29) is 17.6 Å². The van der Waals surface area contributed by atoms with E-state index in [9.17, 15) is 9.59 Å². The molecule has 1 aliphatic rings. The molecule has 0 saturated heterocycles. The highest BCUT2D eigenvalue weighted by molar-refractivity contribution is 5.82. The maximum Gasteiger partial charge on any atom is 0.306 e. The number of hydrogen-bond donors (Lipinski definition) is 1. The van der Waals surface area contributed by atoms with Crippen molar-refractivity contribution in [2.45, 2.75) is 33.1 Å². The third-order valence-corrected chi connectivity index (χ3v) is 3.27. The van der Waals surface area contributed by atoms with Gasteiger partial charge in [0.25, 0.3) is 0 Å². The van der Waals surface area contributed by atoms with Crippen molar-refractivity contribution in [2.75, 3.05) is 0 Å². The number of carbonyl (C=O) groups excluding carboxylic acids is 1. The van der Waals surface area contributed by atoms with Crippen LogP contribution in [-0.4, -0.2) is 16.9 Å². The highest BCUT2D eigenvalue weighted by atomic mass is 16.4. The Bertz CT molecular complexity index is 281. The number of aliphatic carboxylic acids is 1. The molecule has 0 aromatic heterocycles. The molecule has 1 fully saturated rings. The van der Waals surface area contributed by atoms with E-state index in [1.54, 1.807) is 6.92 Å². The molecule has 3 atom stereocenters. The fourth-order valence-electron chi connectivity index (χ4n) is 2.29. The summed E-state index contributed by atoms with van der Waals surface area (Å²) in [5, 5.41) is 8.94. The van der Waals surface area contributed by atoms with Crippen molar-refractivity contribution in [2.24, 2.45) is 17.8 Å². The molecule has 84 valence electrons. The molecule has 15 heavy (non-hydrogen) atoms. The zero-order chi connectivity index (χ0) is 11.4. The van der Waals surface area contributed by atoms with E-state index in [2.05, 4.69) is 0 Å². The average Bonchev–Trinajstić information content (AvgIpc) is 2.55. The standard InChI is InChI=1S/C12H18O3/c1-3-4-5-9-6-10(13)7-11(9)8(2)12(14)15/h3-4,8-9,11H,5-7H2,1-2H3,(H,14,15)/b4-3-/t8?,9-,11-/m1/s1. The molecule has 0 spiro atoms. The van der Waals surface area contributed by atoms with E-state index >= 15 is 0 Å². The van der Waals surface area contributed by atoms with Crippen molar-refractivity contribution in [3.63, 3.8) is 0 Å². The normalized spacial score (nSPS) is 28.5. The van der Waals surface area contributed by atoms with Crippen molar-refractivity contribution in [3.8, 4) is 0 Å². The van der Waals surface area contributed by atoms with Crippen LogP contribution in [0.4, 0.5) is 0 Å². The van der Waals surface area contributed by atoms with Crippen LogP contribution >= 0.6 is 0 Å². The Kier molecular flexibility index (Phi) is 4.06. The molecule has 0 aliphatic heterocycles. The Labute approximate surface area is 90.2 Å². The molecule has 0 heterocycles. The minimum absolute atomic E-state index is 0.0196. The Balaban J connectivity index is 2.67. The molecule has 0 aromatic carbocycles. The first-order valence-electron chi connectivity index (χ1n) is 5.42. The third kappa shape index (κ3) is 2.91. The molecular weight excluding hydrogens is 192 g/mol. The van der Waals surface area contributed by atoms with Crippen LogP contribution in [0, 0.1) is 17.8 Å². The van der Waals surface area contributed by atoms with Gasteiger partial charge in [-0.15, -0.1) is 0 Å². The number of ketones is 1.